The summed E-state index contributed by atoms with van der Waals surface area (Å²) >= 11 is 0. The minimum Gasteiger partial charge on any atom is -0.377 e. The van der Waals surface area contributed by atoms with Crippen molar-refractivity contribution in [1.82, 2.24) is 10.6 Å². The minimum absolute atomic E-state index is 0.0455. The molecule has 12 heteroatoms. The third-order valence-corrected chi connectivity index (χ3v) is 15.3. The van der Waals surface area contributed by atoms with Crippen LogP contribution in [0.1, 0.15) is 109 Å². The van der Waals surface area contributed by atoms with Crippen LogP contribution in [0.5, 0.6) is 0 Å². The zero-order valence-electron chi connectivity index (χ0n) is 32.9. The van der Waals surface area contributed by atoms with Crippen LogP contribution in [0.2, 0.25) is 12.1 Å². The molecule has 0 bridgehead atoms. The van der Waals surface area contributed by atoms with Gasteiger partial charge in [0.05, 0.1) is 0 Å². The SMILES string of the molecule is CO[Si](CCCNC(=O)C=CCCCCCCC=CC1CCC(C=CCCCCCCC=CC(=O)NCCC[Si](OC)(OC)OC)C1)(OC)OC. The Hall–Kier alpha value is -1.91. The van der Waals surface area contributed by atoms with Crippen molar-refractivity contribution in [3.63, 3.8) is 0 Å². The van der Waals surface area contributed by atoms with E-state index in [4.69, 9.17) is 26.6 Å². The number of amides is 2. The van der Waals surface area contributed by atoms with Crippen LogP contribution in [0.3, 0.4) is 0 Å². The molecular formula is C39H72N2O8Si2. The van der Waals surface area contributed by atoms with E-state index < -0.39 is 17.6 Å². The fourth-order valence-corrected chi connectivity index (χ4v) is 9.82. The summed E-state index contributed by atoms with van der Waals surface area (Å²) in [5.74, 6) is 1.38. The molecule has 1 aliphatic rings. The Labute approximate surface area is 312 Å². The van der Waals surface area contributed by atoms with Gasteiger partial charge in [0, 0.05) is 67.8 Å². The first-order valence-corrected chi connectivity index (χ1v) is 23.2. The van der Waals surface area contributed by atoms with Crippen LogP contribution in [-0.2, 0) is 36.1 Å². The Morgan fingerprint density at radius 1 is 0.510 bits per heavy atom. The molecule has 0 radical (unpaired) electrons. The van der Waals surface area contributed by atoms with E-state index in [1.165, 1.54) is 70.6 Å². The molecule has 10 nitrogen and oxygen atoms in total. The Kier molecular flexibility index (Phi) is 28.2. The molecule has 2 amide bonds. The van der Waals surface area contributed by atoms with Crippen molar-refractivity contribution >= 4 is 29.4 Å². The Morgan fingerprint density at radius 2 is 0.843 bits per heavy atom. The number of carbonyl (C=O) groups is 2. The molecule has 0 aliphatic heterocycles. The van der Waals surface area contributed by atoms with Crippen LogP contribution < -0.4 is 10.6 Å². The van der Waals surface area contributed by atoms with Gasteiger partial charge >= 0.3 is 17.6 Å². The van der Waals surface area contributed by atoms with Gasteiger partial charge < -0.3 is 37.2 Å². The summed E-state index contributed by atoms with van der Waals surface area (Å²) < 4.78 is 32.4. The Balaban J connectivity index is 1.98. The van der Waals surface area contributed by atoms with Gasteiger partial charge in [-0.25, -0.2) is 0 Å². The molecule has 2 atom stereocenters. The van der Waals surface area contributed by atoms with E-state index >= 15 is 0 Å². The highest BCUT2D eigenvalue weighted by Gasteiger charge is 2.37. The Morgan fingerprint density at radius 3 is 1.18 bits per heavy atom. The molecule has 2 N–H and O–H groups in total. The number of rotatable bonds is 32. The van der Waals surface area contributed by atoms with Crippen LogP contribution in [0.15, 0.2) is 48.6 Å². The smallest absolute Gasteiger partial charge is 0.377 e. The quantitative estimate of drug-likeness (QED) is 0.0307. The van der Waals surface area contributed by atoms with E-state index in [9.17, 15) is 9.59 Å². The molecule has 0 saturated heterocycles. The van der Waals surface area contributed by atoms with Crippen LogP contribution in [0.4, 0.5) is 0 Å². The van der Waals surface area contributed by atoms with Gasteiger partial charge in [0.2, 0.25) is 11.8 Å². The summed E-state index contributed by atoms with van der Waals surface area (Å²) in [6, 6.07) is 1.35. The predicted molar refractivity (Wildman–Crippen MR) is 211 cm³/mol. The van der Waals surface area contributed by atoms with Crippen molar-refractivity contribution < 1.29 is 36.1 Å². The van der Waals surface area contributed by atoms with Crippen LogP contribution in [-0.4, -0.2) is 85.2 Å². The van der Waals surface area contributed by atoms with E-state index in [2.05, 4.69) is 34.9 Å². The number of carbonyl (C=O) groups excluding carboxylic acids is 2. The monoisotopic (exact) mass is 752 g/mol. The van der Waals surface area contributed by atoms with Crippen molar-refractivity contribution in [2.75, 3.05) is 55.7 Å². The lowest BCUT2D eigenvalue weighted by molar-refractivity contribution is -0.117. The average Bonchev–Trinajstić information content (AvgIpc) is 3.61. The van der Waals surface area contributed by atoms with Crippen molar-refractivity contribution in [2.24, 2.45) is 11.8 Å². The van der Waals surface area contributed by atoms with E-state index in [-0.39, 0.29) is 11.8 Å². The number of hydrogen-bond donors (Lipinski definition) is 2. The summed E-state index contributed by atoms with van der Waals surface area (Å²) in [5.41, 5.74) is 0. The summed E-state index contributed by atoms with van der Waals surface area (Å²) in [6.07, 6.45) is 36.2. The second-order valence-corrected chi connectivity index (χ2v) is 19.5. The zero-order valence-corrected chi connectivity index (χ0v) is 34.9. The van der Waals surface area contributed by atoms with E-state index in [0.717, 1.165) is 50.4 Å². The standard InChI is InChI=1S/C39H72N2O8Si2/c1-44-50(45-2,46-3)33-23-31-40-38(42)27-21-17-13-9-7-11-15-19-25-36-29-30-37(35-36)26-20-16-12-8-10-14-18-22-28-39(43)41-32-24-34-51(47-4,48-5)49-6/h19-22,25-28,36-37H,7-18,23-24,29-35H2,1-6H3,(H,40,42)(H,41,43). The lowest BCUT2D eigenvalue weighted by Crippen LogP contribution is -2.43. The molecule has 0 aromatic heterocycles. The highest BCUT2D eigenvalue weighted by atomic mass is 28.4. The minimum atomic E-state index is -2.56. The summed E-state index contributed by atoms with van der Waals surface area (Å²) in [6.45, 7) is 1.16. The first-order valence-electron chi connectivity index (χ1n) is 19.3. The molecule has 1 fully saturated rings. The van der Waals surface area contributed by atoms with Gasteiger partial charge in [-0.1, -0.05) is 62.1 Å². The van der Waals surface area contributed by atoms with Gasteiger partial charge in [0.1, 0.15) is 0 Å². The lowest BCUT2D eigenvalue weighted by atomic mass is 10.0. The Bertz CT molecular complexity index is 921. The maximum Gasteiger partial charge on any atom is 0.500 e. The highest BCUT2D eigenvalue weighted by Crippen LogP contribution is 2.33. The molecule has 1 saturated carbocycles. The summed E-state index contributed by atoms with van der Waals surface area (Å²) in [7, 11) is 4.50. The van der Waals surface area contributed by atoms with Crippen LogP contribution in [0.25, 0.3) is 0 Å². The van der Waals surface area contributed by atoms with Crippen molar-refractivity contribution in [2.45, 2.75) is 121 Å². The van der Waals surface area contributed by atoms with Gasteiger partial charge in [-0.2, -0.15) is 0 Å². The van der Waals surface area contributed by atoms with Gasteiger partial charge in [-0.05, 0) is 107 Å². The van der Waals surface area contributed by atoms with Gasteiger partial charge in [-0.3, -0.25) is 9.59 Å². The van der Waals surface area contributed by atoms with Crippen molar-refractivity contribution in [1.29, 1.82) is 0 Å². The molecular weight excluding hydrogens is 681 g/mol. The summed E-state index contributed by atoms with van der Waals surface area (Å²) in [5, 5.41) is 5.84. The first-order chi connectivity index (χ1) is 24.8. The second-order valence-electron chi connectivity index (χ2n) is 13.4. The fraction of sp³-hybridized carbons (Fsp3) is 0.744. The number of nitrogens with one attached hydrogen (secondary N) is 2. The average molecular weight is 753 g/mol. The predicted octanol–water partition coefficient (Wildman–Crippen LogP) is 8.08. The maximum absolute atomic E-state index is 12.0. The second kappa shape index (κ2) is 30.5. The van der Waals surface area contributed by atoms with E-state index in [1.54, 1.807) is 54.8 Å². The molecule has 2 unspecified atom stereocenters. The van der Waals surface area contributed by atoms with E-state index in [0.29, 0.717) is 25.2 Å². The topological polar surface area (TPSA) is 114 Å². The normalized spacial score (nSPS) is 17.1. The van der Waals surface area contributed by atoms with Gasteiger partial charge in [-0.15, -0.1) is 0 Å². The van der Waals surface area contributed by atoms with Gasteiger partial charge in [0.15, 0.2) is 0 Å². The fourth-order valence-electron chi connectivity index (χ4n) is 6.38. The molecule has 51 heavy (non-hydrogen) atoms. The zero-order chi connectivity index (χ0) is 37.5. The molecule has 294 valence electrons. The third kappa shape index (κ3) is 22.7. The third-order valence-electron chi connectivity index (χ3n) is 9.64. The maximum atomic E-state index is 12.0. The van der Waals surface area contributed by atoms with Crippen molar-refractivity contribution in [3.8, 4) is 0 Å². The lowest BCUT2D eigenvalue weighted by Gasteiger charge is -2.24. The molecule has 1 aliphatic carbocycles. The molecule has 0 heterocycles. The van der Waals surface area contributed by atoms with Crippen LogP contribution >= 0.6 is 0 Å². The number of allylic oxidation sites excluding steroid dienone is 6. The molecule has 0 aromatic rings. The number of hydrogen-bond acceptors (Lipinski definition) is 8. The number of unbranched alkanes of at least 4 members (excludes halogenated alkanes) is 10. The van der Waals surface area contributed by atoms with E-state index in [1.807, 2.05) is 12.2 Å². The molecule has 1 rings (SSSR count). The van der Waals surface area contributed by atoms with Gasteiger partial charge in [0.25, 0.3) is 0 Å². The molecule has 0 aromatic carbocycles. The summed E-state index contributed by atoms with van der Waals surface area (Å²) in [4.78, 5) is 24.0. The van der Waals surface area contributed by atoms with Crippen LogP contribution in [0, 0.1) is 11.8 Å². The highest BCUT2D eigenvalue weighted by molar-refractivity contribution is 6.60. The first kappa shape index (κ1) is 47.1. The molecule has 0 spiro atoms. The largest absolute Gasteiger partial charge is 0.500 e. The van der Waals surface area contributed by atoms with Crippen molar-refractivity contribution in [3.05, 3.63) is 48.6 Å².